The van der Waals surface area contributed by atoms with Gasteiger partial charge >= 0.3 is 0 Å². The number of piperidine rings is 2. The molecule has 0 spiro atoms. The van der Waals surface area contributed by atoms with E-state index < -0.39 is 0 Å². The number of carbonyl (C=O) groups excluding carboxylic acids is 1. The number of nitrogens with zero attached hydrogens (tertiary/aromatic N) is 5. The van der Waals surface area contributed by atoms with E-state index in [4.69, 9.17) is 25.8 Å². The summed E-state index contributed by atoms with van der Waals surface area (Å²) in [5, 5.41) is 13.0. The molecule has 1 atom stereocenters. The summed E-state index contributed by atoms with van der Waals surface area (Å²) in [4.78, 5) is 28.3. The maximum atomic E-state index is 11.4. The number of pyridine rings is 1. The molecule has 3 aromatic carbocycles. The van der Waals surface area contributed by atoms with Gasteiger partial charge in [-0.15, -0.1) is 0 Å². The van der Waals surface area contributed by atoms with Gasteiger partial charge in [-0.1, -0.05) is 41.9 Å². The van der Waals surface area contributed by atoms with Gasteiger partial charge in [-0.2, -0.15) is 5.26 Å². The Kier molecular flexibility index (Phi) is 14.2. The van der Waals surface area contributed by atoms with Gasteiger partial charge in [-0.3, -0.25) is 14.7 Å². The summed E-state index contributed by atoms with van der Waals surface area (Å²) in [7, 11) is 0. The van der Waals surface area contributed by atoms with Crippen molar-refractivity contribution in [2.45, 2.75) is 84.6 Å². The van der Waals surface area contributed by atoms with E-state index in [2.05, 4.69) is 80.3 Å². The minimum atomic E-state index is 0.0520. The molecule has 1 unspecified atom stereocenters. The van der Waals surface area contributed by atoms with Crippen molar-refractivity contribution in [1.29, 1.82) is 5.26 Å². The maximum absolute atomic E-state index is 11.4. The molecule has 59 heavy (non-hydrogen) atoms. The molecule has 7 rings (SSSR count). The number of benzene rings is 3. The highest BCUT2D eigenvalue weighted by Crippen LogP contribution is 2.37. The number of likely N-dealkylation sites (tertiary alicyclic amines) is 2. The number of halogens is 1. The molecule has 2 aromatic heterocycles. The zero-order chi connectivity index (χ0) is 41.1. The molecular formula is C47H54ClN7O4. The Balaban J connectivity index is 1.02. The lowest BCUT2D eigenvalue weighted by Gasteiger charge is -2.32. The minimum absolute atomic E-state index is 0.0520. The highest BCUT2D eigenvalue weighted by molar-refractivity contribution is 6.32. The lowest BCUT2D eigenvalue weighted by Crippen LogP contribution is -2.44. The molecule has 0 aliphatic carbocycles. The minimum Gasteiger partial charge on any atom is -0.493 e. The van der Waals surface area contributed by atoms with E-state index in [0.717, 1.165) is 115 Å². The van der Waals surface area contributed by atoms with Gasteiger partial charge < -0.3 is 29.4 Å². The van der Waals surface area contributed by atoms with Crippen LogP contribution in [0.15, 0.2) is 79.4 Å². The third-order valence-electron chi connectivity index (χ3n) is 11.5. The van der Waals surface area contributed by atoms with Crippen LogP contribution in [0, 0.1) is 25.2 Å². The molecule has 2 fully saturated rings. The third-order valence-corrected chi connectivity index (χ3v) is 11.8. The Morgan fingerprint density at radius 3 is 2.49 bits per heavy atom. The molecule has 308 valence electrons. The summed E-state index contributed by atoms with van der Waals surface area (Å²) in [6.07, 6.45) is 12.0. The van der Waals surface area contributed by atoms with Crippen LogP contribution in [-0.2, 0) is 24.6 Å². The van der Waals surface area contributed by atoms with Crippen LogP contribution in [0.1, 0.15) is 84.2 Å². The van der Waals surface area contributed by atoms with Gasteiger partial charge in [-0.05, 0) is 98.5 Å². The fourth-order valence-electron chi connectivity index (χ4n) is 8.31. The predicted molar refractivity (Wildman–Crippen MR) is 230 cm³/mol. The Morgan fingerprint density at radius 1 is 0.915 bits per heavy atom. The van der Waals surface area contributed by atoms with Gasteiger partial charge in [0.05, 0.1) is 17.2 Å². The van der Waals surface area contributed by atoms with Crippen molar-refractivity contribution in [2.75, 3.05) is 39.3 Å². The standard InChI is InChI=1S/C47H54ClN7O4/c1-32-38(8-4-10-41(32)42-11-5-12-44(33(42)2)57-21-7-18-54-19-13-40(14-20-54)53-34(3)56)31-59-46-24-45(58-30-36-22-35(25-49)26-50-27-36)39(23-43(46)48)29-55-17-6-9-37(28-55)47-51-15-16-52-47/h4-5,8,10-12,15-16,22-24,26-27,37,40H,6-7,9,13-14,17-21,28-31H2,1-3H3,(H,51,52)(H,53,56). The second-order valence-electron chi connectivity index (χ2n) is 15.7. The Morgan fingerprint density at radius 2 is 1.71 bits per heavy atom. The van der Waals surface area contributed by atoms with E-state index in [0.29, 0.717) is 47.8 Å². The fraction of sp³-hybridized carbons (Fsp3) is 0.404. The first-order valence-electron chi connectivity index (χ1n) is 20.7. The van der Waals surface area contributed by atoms with E-state index in [9.17, 15) is 10.1 Å². The molecule has 0 radical (unpaired) electrons. The molecular weight excluding hydrogens is 762 g/mol. The van der Waals surface area contributed by atoms with E-state index in [-0.39, 0.29) is 18.6 Å². The predicted octanol–water partition coefficient (Wildman–Crippen LogP) is 8.52. The molecule has 2 aliphatic heterocycles. The van der Waals surface area contributed by atoms with Crippen molar-refractivity contribution in [1.82, 2.24) is 30.1 Å². The van der Waals surface area contributed by atoms with Crippen molar-refractivity contribution in [3.63, 3.8) is 0 Å². The summed E-state index contributed by atoms with van der Waals surface area (Å²) >= 11 is 6.99. The third kappa shape index (κ3) is 11.0. The summed E-state index contributed by atoms with van der Waals surface area (Å²) < 4.78 is 19.3. The molecule has 0 saturated carbocycles. The first-order valence-corrected chi connectivity index (χ1v) is 21.1. The van der Waals surface area contributed by atoms with Crippen molar-refractivity contribution in [2.24, 2.45) is 0 Å². The molecule has 11 nitrogen and oxygen atoms in total. The second-order valence-corrected chi connectivity index (χ2v) is 16.2. The lowest BCUT2D eigenvalue weighted by molar-refractivity contribution is -0.119. The highest BCUT2D eigenvalue weighted by atomic mass is 35.5. The van der Waals surface area contributed by atoms with Crippen molar-refractivity contribution >= 4 is 17.5 Å². The largest absolute Gasteiger partial charge is 0.493 e. The Hall–Kier alpha value is -5.41. The van der Waals surface area contributed by atoms with Crippen LogP contribution in [0.5, 0.6) is 17.2 Å². The summed E-state index contributed by atoms with van der Waals surface area (Å²) in [5.74, 6) is 3.51. The van der Waals surface area contributed by atoms with Crippen LogP contribution in [0.2, 0.25) is 5.02 Å². The smallest absolute Gasteiger partial charge is 0.217 e. The summed E-state index contributed by atoms with van der Waals surface area (Å²) in [6.45, 7) is 12.5. The molecule has 2 aliphatic rings. The number of ether oxygens (including phenoxy) is 3. The number of H-pyrrole nitrogens is 1. The van der Waals surface area contributed by atoms with Crippen molar-refractivity contribution in [3.8, 4) is 34.4 Å². The summed E-state index contributed by atoms with van der Waals surface area (Å²) in [5.41, 5.74) is 7.79. The zero-order valence-corrected chi connectivity index (χ0v) is 35.1. The van der Waals surface area contributed by atoms with E-state index >= 15 is 0 Å². The average molecular weight is 816 g/mol. The topological polar surface area (TPSA) is 129 Å². The quantitative estimate of drug-likeness (QED) is 0.0943. The van der Waals surface area contributed by atoms with Gasteiger partial charge in [0.1, 0.15) is 42.4 Å². The normalized spacial score (nSPS) is 16.4. The van der Waals surface area contributed by atoms with E-state index in [1.165, 1.54) is 0 Å². The van der Waals surface area contributed by atoms with Crippen LogP contribution in [-0.4, -0.2) is 76.0 Å². The molecule has 2 N–H and O–H groups in total. The molecule has 1 amide bonds. The average Bonchev–Trinajstić information content (AvgIpc) is 3.79. The van der Waals surface area contributed by atoms with Gasteiger partial charge in [0.2, 0.25) is 5.91 Å². The number of aromatic nitrogens is 3. The van der Waals surface area contributed by atoms with Gasteiger partial charge in [0.15, 0.2) is 0 Å². The molecule has 0 bridgehead atoms. The number of carbonyl (C=O) groups is 1. The number of hydrogen-bond donors (Lipinski definition) is 2. The fourth-order valence-corrected chi connectivity index (χ4v) is 8.55. The molecule has 5 aromatic rings. The van der Waals surface area contributed by atoms with Crippen LogP contribution in [0.25, 0.3) is 11.1 Å². The van der Waals surface area contributed by atoms with E-state index in [1.54, 1.807) is 25.4 Å². The SMILES string of the molecule is CC(=O)NC1CCN(CCCOc2cccc(-c3cccc(COc4cc(OCc5cncc(C#N)c5)c(CN5CCCC(c6ncc[nH]6)C5)cc4Cl)c3C)c2C)CC1. The van der Waals surface area contributed by atoms with Gasteiger partial charge in [0, 0.05) is 93.6 Å². The van der Waals surface area contributed by atoms with Gasteiger partial charge in [0.25, 0.3) is 0 Å². The Labute approximate surface area is 352 Å². The van der Waals surface area contributed by atoms with Crippen molar-refractivity contribution < 1.29 is 19.0 Å². The van der Waals surface area contributed by atoms with Crippen LogP contribution >= 0.6 is 11.6 Å². The Bertz CT molecular complexity index is 2230. The molecule has 2 saturated heterocycles. The number of nitrogens with one attached hydrogen (secondary N) is 2. The number of imidazole rings is 1. The lowest BCUT2D eigenvalue weighted by atomic mass is 9.93. The first-order chi connectivity index (χ1) is 28.7. The monoisotopic (exact) mass is 815 g/mol. The second kappa shape index (κ2) is 20.0. The van der Waals surface area contributed by atoms with Crippen LogP contribution in [0.4, 0.5) is 0 Å². The number of hydrogen-bond acceptors (Lipinski definition) is 9. The molecule has 12 heteroatoms. The molecule has 4 heterocycles. The number of aromatic amines is 1. The summed E-state index contributed by atoms with van der Waals surface area (Å²) in [6, 6.07) is 20.7. The zero-order valence-electron chi connectivity index (χ0n) is 34.3. The number of amides is 1. The van der Waals surface area contributed by atoms with E-state index in [1.807, 2.05) is 30.6 Å². The maximum Gasteiger partial charge on any atom is 0.217 e. The highest BCUT2D eigenvalue weighted by Gasteiger charge is 2.25. The number of nitriles is 1. The van der Waals surface area contributed by atoms with Gasteiger partial charge in [-0.25, -0.2) is 4.98 Å². The first kappa shape index (κ1) is 41.7. The van der Waals surface area contributed by atoms with Crippen molar-refractivity contribution in [3.05, 3.63) is 124 Å². The number of rotatable bonds is 16. The van der Waals surface area contributed by atoms with Crippen LogP contribution < -0.4 is 19.5 Å². The van der Waals surface area contributed by atoms with Crippen LogP contribution in [0.3, 0.4) is 0 Å².